The molecule has 0 radical (unpaired) electrons. The first-order valence-corrected chi connectivity index (χ1v) is 8.57. The molecule has 25 heavy (non-hydrogen) atoms. The highest BCUT2D eigenvalue weighted by Gasteiger charge is 2.22. The van der Waals surface area contributed by atoms with Gasteiger partial charge in [0.15, 0.2) is 17.0 Å². The van der Waals surface area contributed by atoms with Crippen molar-refractivity contribution in [3.05, 3.63) is 46.2 Å². The summed E-state index contributed by atoms with van der Waals surface area (Å²) in [6.07, 6.45) is 2.40. The summed E-state index contributed by atoms with van der Waals surface area (Å²) in [6, 6.07) is 5.34. The summed E-state index contributed by atoms with van der Waals surface area (Å²) in [6.45, 7) is 1.01. The van der Waals surface area contributed by atoms with Crippen LogP contribution in [0.2, 0.25) is 10.0 Å². The van der Waals surface area contributed by atoms with Crippen LogP contribution in [0.1, 0.15) is 24.6 Å². The van der Waals surface area contributed by atoms with Crippen LogP contribution in [0.15, 0.2) is 24.5 Å². The summed E-state index contributed by atoms with van der Waals surface area (Å²) in [4.78, 5) is 12.0. The van der Waals surface area contributed by atoms with E-state index in [0.29, 0.717) is 40.2 Å². The normalized spacial score (nSPS) is 17.3. The smallest absolute Gasteiger partial charge is 0.312 e. The van der Waals surface area contributed by atoms with Crippen LogP contribution in [0, 0.1) is 6.08 Å². The molecule has 1 aliphatic heterocycles. The number of nitrogens with zero attached hydrogens (tertiary/aromatic N) is 4. The van der Waals surface area contributed by atoms with Gasteiger partial charge in [-0.1, -0.05) is 35.3 Å². The van der Waals surface area contributed by atoms with Crippen molar-refractivity contribution >= 4 is 40.2 Å². The van der Waals surface area contributed by atoms with Crippen LogP contribution >= 0.6 is 23.2 Å². The Kier molecular flexibility index (Phi) is 4.45. The molecule has 6 nitrogen and oxygen atoms in total. The lowest BCUT2D eigenvalue weighted by atomic mass is 10.2. The number of aromatic nitrogens is 4. The van der Waals surface area contributed by atoms with Gasteiger partial charge in [-0.2, -0.15) is 14.4 Å². The topological polar surface area (TPSA) is 64.9 Å². The summed E-state index contributed by atoms with van der Waals surface area (Å²) in [5.41, 5.74) is 1.66. The minimum atomic E-state index is -0.827. The van der Waals surface area contributed by atoms with Gasteiger partial charge in [0.05, 0.1) is 16.4 Å². The molecular weight excluding hydrogens is 368 g/mol. The summed E-state index contributed by atoms with van der Waals surface area (Å²) in [7, 11) is 0. The predicted molar refractivity (Wildman–Crippen MR) is 93.3 cm³/mol. The number of ether oxygens (including phenoxy) is 1. The van der Waals surface area contributed by atoms with Crippen molar-refractivity contribution in [2.75, 3.05) is 11.9 Å². The first-order valence-electron chi connectivity index (χ1n) is 7.82. The molecule has 1 aromatic carbocycles. The lowest BCUT2D eigenvalue weighted by molar-refractivity contribution is 0.0592. The van der Waals surface area contributed by atoms with Crippen molar-refractivity contribution in [3.63, 3.8) is 0 Å². The zero-order valence-electron chi connectivity index (χ0n) is 13.0. The quantitative estimate of drug-likeness (QED) is 0.686. The molecular formula is C16H14Cl2FN5O. The van der Waals surface area contributed by atoms with Crippen LogP contribution in [0.4, 0.5) is 10.2 Å². The molecule has 2 aromatic heterocycles. The summed E-state index contributed by atoms with van der Waals surface area (Å²) in [5, 5.41) is 3.98. The number of anilines is 1. The number of fused-ring (bicyclic) bond motifs is 1. The highest BCUT2D eigenvalue weighted by atomic mass is 35.5. The number of rotatable bonds is 4. The number of imidazole rings is 1. The third kappa shape index (κ3) is 3.15. The Morgan fingerprint density at radius 2 is 2.20 bits per heavy atom. The zero-order chi connectivity index (χ0) is 17.4. The van der Waals surface area contributed by atoms with Gasteiger partial charge in [-0.15, -0.1) is 0 Å². The Morgan fingerprint density at radius 1 is 1.32 bits per heavy atom. The number of halogens is 3. The second kappa shape index (κ2) is 6.74. The molecule has 0 amide bonds. The molecule has 1 N–H and O–H groups in total. The van der Waals surface area contributed by atoms with Crippen LogP contribution in [0.25, 0.3) is 11.2 Å². The van der Waals surface area contributed by atoms with E-state index < -0.39 is 6.08 Å². The molecule has 1 atom stereocenters. The fourth-order valence-corrected chi connectivity index (χ4v) is 3.25. The SMILES string of the molecule is Fc1nc(NCc2cccc(Cl)c2Cl)c2ncn(C3CCCO3)c2n1. The highest BCUT2D eigenvalue weighted by molar-refractivity contribution is 6.42. The average Bonchev–Trinajstić information content (AvgIpc) is 3.24. The van der Waals surface area contributed by atoms with E-state index in [4.69, 9.17) is 27.9 Å². The van der Waals surface area contributed by atoms with Gasteiger partial charge < -0.3 is 10.1 Å². The number of benzene rings is 1. The van der Waals surface area contributed by atoms with Crippen molar-refractivity contribution < 1.29 is 9.13 Å². The van der Waals surface area contributed by atoms with E-state index in [1.807, 2.05) is 6.07 Å². The third-order valence-corrected chi connectivity index (χ3v) is 4.95. The Hall–Kier alpha value is -1.96. The van der Waals surface area contributed by atoms with Gasteiger partial charge in [0.1, 0.15) is 6.23 Å². The first-order chi connectivity index (χ1) is 12.1. The molecule has 9 heteroatoms. The van der Waals surface area contributed by atoms with Gasteiger partial charge in [-0.3, -0.25) is 4.57 Å². The van der Waals surface area contributed by atoms with Gasteiger partial charge in [-0.05, 0) is 24.5 Å². The zero-order valence-corrected chi connectivity index (χ0v) is 14.6. The lowest BCUT2D eigenvalue weighted by Crippen LogP contribution is -2.09. The molecule has 0 bridgehead atoms. The number of hydrogen-bond acceptors (Lipinski definition) is 5. The second-order valence-corrected chi connectivity index (χ2v) is 6.48. The highest BCUT2D eigenvalue weighted by Crippen LogP contribution is 2.29. The van der Waals surface area contributed by atoms with Gasteiger partial charge in [0, 0.05) is 13.2 Å². The molecule has 1 fully saturated rings. The summed E-state index contributed by atoms with van der Waals surface area (Å²) >= 11 is 12.2. The minimum Gasteiger partial charge on any atom is -0.364 e. The molecule has 0 spiro atoms. The molecule has 0 aliphatic carbocycles. The minimum absolute atomic E-state index is 0.172. The third-order valence-electron chi connectivity index (χ3n) is 4.09. The van der Waals surface area contributed by atoms with E-state index in [1.54, 1.807) is 23.0 Å². The van der Waals surface area contributed by atoms with Crippen molar-refractivity contribution in [1.29, 1.82) is 0 Å². The van der Waals surface area contributed by atoms with Crippen molar-refractivity contribution in [2.45, 2.75) is 25.6 Å². The van der Waals surface area contributed by atoms with Crippen molar-refractivity contribution in [1.82, 2.24) is 19.5 Å². The molecule has 3 aromatic rings. The van der Waals surface area contributed by atoms with Crippen molar-refractivity contribution in [2.24, 2.45) is 0 Å². The van der Waals surface area contributed by atoms with Crippen molar-refractivity contribution in [3.8, 4) is 0 Å². The van der Waals surface area contributed by atoms with Crippen LogP contribution < -0.4 is 5.32 Å². The van der Waals surface area contributed by atoms with E-state index >= 15 is 0 Å². The maximum Gasteiger partial charge on any atom is 0.312 e. The molecule has 1 saturated heterocycles. The Bertz CT molecular complexity index is 926. The Morgan fingerprint density at radius 3 is 3.00 bits per heavy atom. The summed E-state index contributed by atoms with van der Waals surface area (Å²) in [5.74, 6) is 0.301. The largest absolute Gasteiger partial charge is 0.364 e. The maximum atomic E-state index is 13.9. The van der Waals surface area contributed by atoms with Crippen LogP contribution in [0.5, 0.6) is 0 Å². The second-order valence-electron chi connectivity index (χ2n) is 5.70. The van der Waals surface area contributed by atoms with Gasteiger partial charge >= 0.3 is 6.08 Å². The molecule has 1 unspecified atom stereocenters. The van der Waals surface area contributed by atoms with E-state index in [2.05, 4.69) is 20.3 Å². The Balaban J connectivity index is 1.66. The van der Waals surface area contributed by atoms with Gasteiger partial charge in [-0.25, -0.2) is 4.98 Å². The van der Waals surface area contributed by atoms with Gasteiger partial charge in [0.2, 0.25) is 0 Å². The van der Waals surface area contributed by atoms with Crippen LogP contribution in [-0.2, 0) is 11.3 Å². The standard InChI is InChI=1S/C16H14Cl2FN5O/c17-10-4-1-3-9(12(10)18)7-20-14-13-15(23-16(19)22-14)24(8-21-13)11-5-2-6-25-11/h1,3-4,8,11H,2,5-7H2,(H,20,22,23). The van der Waals surface area contributed by atoms with E-state index in [9.17, 15) is 4.39 Å². The fraction of sp³-hybridized carbons (Fsp3) is 0.312. The maximum absolute atomic E-state index is 13.9. The molecule has 0 saturated carbocycles. The molecule has 3 heterocycles. The molecule has 1 aliphatic rings. The van der Waals surface area contributed by atoms with Crippen LogP contribution in [0.3, 0.4) is 0 Å². The lowest BCUT2D eigenvalue weighted by Gasteiger charge is -2.12. The number of hydrogen-bond donors (Lipinski definition) is 1. The van der Waals surface area contributed by atoms with E-state index in [-0.39, 0.29) is 6.23 Å². The Labute approximate surface area is 153 Å². The molecule has 4 rings (SSSR count). The fourth-order valence-electron chi connectivity index (χ4n) is 2.87. The van der Waals surface area contributed by atoms with E-state index in [0.717, 1.165) is 18.4 Å². The summed E-state index contributed by atoms with van der Waals surface area (Å²) < 4.78 is 21.3. The monoisotopic (exact) mass is 381 g/mol. The van der Waals surface area contributed by atoms with Crippen LogP contribution in [-0.4, -0.2) is 26.1 Å². The molecule has 130 valence electrons. The van der Waals surface area contributed by atoms with Gasteiger partial charge in [0.25, 0.3) is 0 Å². The first kappa shape index (κ1) is 16.5. The predicted octanol–water partition coefficient (Wildman–Crippen LogP) is 4.19. The number of nitrogens with one attached hydrogen (secondary N) is 1. The van der Waals surface area contributed by atoms with E-state index in [1.165, 1.54) is 0 Å². The average molecular weight is 382 g/mol.